The summed E-state index contributed by atoms with van der Waals surface area (Å²) in [5.41, 5.74) is 1.91. The smallest absolute Gasteiger partial charge is 0.254 e. The van der Waals surface area contributed by atoms with Crippen LogP contribution in [0.1, 0.15) is 28.8 Å². The third kappa shape index (κ3) is 3.28. The minimum Gasteiger partial charge on any atom is -0.335 e. The van der Waals surface area contributed by atoms with Gasteiger partial charge in [0, 0.05) is 24.3 Å². The number of benzene rings is 1. The lowest BCUT2D eigenvalue weighted by molar-refractivity contribution is 0.0736. The molecule has 1 fully saturated rings. The molecule has 0 bridgehead atoms. The van der Waals surface area contributed by atoms with Crippen molar-refractivity contribution in [1.82, 2.24) is 24.6 Å². The van der Waals surface area contributed by atoms with Gasteiger partial charge in [0.2, 0.25) is 0 Å². The van der Waals surface area contributed by atoms with Crippen LogP contribution in [0.3, 0.4) is 0 Å². The molecule has 0 aliphatic carbocycles. The van der Waals surface area contributed by atoms with E-state index in [1.165, 1.54) is 11.9 Å². The van der Waals surface area contributed by atoms with Gasteiger partial charge in [-0.1, -0.05) is 30.3 Å². The largest absolute Gasteiger partial charge is 0.335 e. The summed E-state index contributed by atoms with van der Waals surface area (Å²) in [6.07, 6.45) is 7.66. The SMILES string of the molecule is O=C(c1ccnc(-n2cncn2)c1)N1CCC[C@@H]1Cc1ccccc1. The lowest BCUT2D eigenvalue weighted by Crippen LogP contribution is -2.36. The van der Waals surface area contributed by atoms with Gasteiger partial charge in [-0.15, -0.1) is 0 Å². The maximum Gasteiger partial charge on any atom is 0.254 e. The van der Waals surface area contributed by atoms with E-state index in [1.807, 2.05) is 23.1 Å². The van der Waals surface area contributed by atoms with Crippen LogP contribution in [-0.2, 0) is 6.42 Å². The summed E-state index contributed by atoms with van der Waals surface area (Å²) in [4.78, 5) is 23.2. The maximum absolute atomic E-state index is 13.0. The van der Waals surface area contributed by atoms with Gasteiger partial charge >= 0.3 is 0 Å². The minimum atomic E-state index is 0.0576. The van der Waals surface area contributed by atoms with Gasteiger partial charge in [-0.2, -0.15) is 5.10 Å². The zero-order valence-corrected chi connectivity index (χ0v) is 13.8. The van der Waals surface area contributed by atoms with Crippen molar-refractivity contribution in [1.29, 1.82) is 0 Å². The molecule has 0 saturated carbocycles. The second kappa shape index (κ2) is 6.84. The number of carbonyl (C=O) groups excluding carboxylic acids is 1. The molecule has 0 N–H and O–H groups in total. The van der Waals surface area contributed by atoms with Crippen molar-refractivity contribution in [2.45, 2.75) is 25.3 Å². The van der Waals surface area contributed by atoms with Crippen LogP contribution >= 0.6 is 0 Å². The van der Waals surface area contributed by atoms with Gasteiger partial charge in [-0.25, -0.2) is 14.6 Å². The number of aromatic nitrogens is 4. The van der Waals surface area contributed by atoms with Crippen LogP contribution < -0.4 is 0 Å². The van der Waals surface area contributed by atoms with Gasteiger partial charge in [-0.05, 0) is 37.0 Å². The van der Waals surface area contributed by atoms with E-state index in [2.05, 4.69) is 27.2 Å². The highest BCUT2D eigenvalue weighted by molar-refractivity contribution is 5.95. The third-order valence-corrected chi connectivity index (χ3v) is 4.60. The van der Waals surface area contributed by atoms with Crippen LogP contribution in [0.2, 0.25) is 0 Å². The molecule has 3 heterocycles. The molecule has 1 atom stereocenters. The van der Waals surface area contributed by atoms with Crippen molar-refractivity contribution in [2.75, 3.05) is 6.54 Å². The molecule has 1 aromatic carbocycles. The summed E-state index contributed by atoms with van der Waals surface area (Å²) in [6, 6.07) is 14.1. The molecule has 6 heteroatoms. The van der Waals surface area contributed by atoms with Crippen LogP contribution in [0.5, 0.6) is 0 Å². The first-order valence-electron chi connectivity index (χ1n) is 8.47. The molecule has 6 nitrogen and oxygen atoms in total. The summed E-state index contributed by atoms with van der Waals surface area (Å²) >= 11 is 0. The summed E-state index contributed by atoms with van der Waals surface area (Å²) in [5.74, 6) is 0.657. The monoisotopic (exact) mass is 333 g/mol. The average Bonchev–Trinajstić information content (AvgIpc) is 3.34. The van der Waals surface area contributed by atoms with Gasteiger partial charge in [0.1, 0.15) is 12.7 Å². The zero-order valence-electron chi connectivity index (χ0n) is 13.8. The fourth-order valence-electron chi connectivity index (χ4n) is 3.37. The van der Waals surface area contributed by atoms with E-state index in [9.17, 15) is 4.79 Å². The van der Waals surface area contributed by atoms with Crippen LogP contribution in [0.4, 0.5) is 0 Å². The van der Waals surface area contributed by atoms with E-state index in [0.29, 0.717) is 11.4 Å². The fourth-order valence-corrected chi connectivity index (χ4v) is 3.37. The Morgan fingerprint density at radius 3 is 2.88 bits per heavy atom. The van der Waals surface area contributed by atoms with E-state index in [-0.39, 0.29) is 11.9 Å². The standard InChI is InChI=1S/C19H19N5O/c25-19(16-8-9-21-18(12-16)24-14-20-13-22-24)23-10-4-7-17(23)11-15-5-2-1-3-6-15/h1-3,5-6,8-9,12-14,17H,4,7,10-11H2/t17-/m1/s1. The highest BCUT2D eigenvalue weighted by Crippen LogP contribution is 2.23. The van der Waals surface area contributed by atoms with Crippen LogP contribution in [0.15, 0.2) is 61.3 Å². The van der Waals surface area contributed by atoms with Crippen molar-refractivity contribution >= 4 is 5.91 Å². The number of hydrogen-bond donors (Lipinski definition) is 0. The van der Waals surface area contributed by atoms with Crippen molar-refractivity contribution in [2.24, 2.45) is 0 Å². The van der Waals surface area contributed by atoms with Crippen molar-refractivity contribution in [3.63, 3.8) is 0 Å². The second-order valence-corrected chi connectivity index (χ2v) is 6.23. The molecule has 1 aliphatic heterocycles. The first-order valence-corrected chi connectivity index (χ1v) is 8.47. The van der Waals surface area contributed by atoms with E-state index < -0.39 is 0 Å². The molecule has 126 valence electrons. The molecule has 3 aromatic rings. The Morgan fingerprint density at radius 1 is 1.20 bits per heavy atom. The second-order valence-electron chi connectivity index (χ2n) is 6.23. The Morgan fingerprint density at radius 2 is 2.08 bits per heavy atom. The number of likely N-dealkylation sites (tertiary alicyclic amines) is 1. The highest BCUT2D eigenvalue weighted by atomic mass is 16.2. The zero-order chi connectivity index (χ0) is 17.1. The van der Waals surface area contributed by atoms with Gasteiger partial charge in [0.15, 0.2) is 5.82 Å². The Hall–Kier alpha value is -3.02. The normalized spacial score (nSPS) is 17.0. The Labute approximate surface area is 146 Å². The predicted octanol–water partition coefficient (Wildman–Crippen LogP) is 2.51. The first kappa shape index (κ1) is 15.5. The van der Waals surface area contributed by atoms with E-state index >= 15 is 0 Å². The molecule has 0 unspecified atom stereocenters. The third-order valence-electron chi connectivity index (χ3n) is 4.60. The van der Waals surface area contributed by atoms with E-state index in [1.54, 1.807) is 29.3 Å². The maximum atomic E-state index is 13.0. The summed E-state index contributed by atoms with van der Waals surface area (Å²) in [5, 5.41) is 4.07. The molecule has 0 radical (unpaired) electrons. The van der Waals surface area contributed by atoms with Gasteiger partial charge in [0.05, 0.1) is 0 Å². The van der Waals surface area contributed by atoms with Crippen molar-refractivity contribution < 1.29 is 4.79 Å². The summed E-state index contributed by atoms with van der Waals surface area (Å²) < 4.78 is 1.56. The number of amides is 1. The van der Waals surface area contributed by atoms with Gasteiger partial charge < -0.3 is 4.90 Å². The van der Waals surface area contributed by atoms with E-state index in [0.717, 1.165) is 25.8 Å². The molecule has 4 rings (SSSR count). The highest BCUT2D eigenvalue weighted by Gasteiger charge is 2.29. The Kier molecular flexibility index (Phi) is 4.24. The molecule has 1 amide bonds. The fraction of sp³-hybridized carbons (Fsp3) is 0.263. The van der Waals surface area contributed by atoms with Crippen LogP contribution in [0.25, 0.3) is 5.82 Å². The van der Waals surface area contributed by atoms with Crippen molar-refractivity contribution in [3.05, 3.63) is 72.4 Å². The molecular formula is C19H19N5O. The molecular weight excluding hydrogens is 314 g/mol. The van der Waals surface area contributed by atoms with Gasteiger partial charge in [0.25, 0.3) is 5.91 Å². The summed E-state index contributed by atoms with van der Waals surface area (Å²) in [7, 11) is 0. The predicted molar refractivity (Wildman–Crippen MR) is 93.4 cm³/mol. The van der Waals surface area contributed by atoms with Crippen LogP contribution in [-0.4, -0.2) is 43.1 Å². The molecule has 25 heavy (non-hydrogen) atoms. The quantitative estimate of drug-likeness (QED) is 0.736. The Balaban J connectivity index is 1.54. The van der Waals surface area contributed by atoms with Crippen LogP contribution in [0, 0.1) is 0 Å². The van der Waals surface area contributed by atoms with E-state index in [4.69, 9.17) is 0 Å². The molecule has 0 spiro atoms. The number of nitrogens with zero attached hydrogens (tertiary/aromatic N) is 5. The first-order chi connectivity index (χ1) is 12.3. The average molecular weight is 333 g/mol. The number of pyridine rings is 1. The Bertz CT molecular complexity index is 847. The summed E-state index contributed by atoms with van der Waals surface area (Å²) in [6.45, 7) is 0.803. The lowest BCUT2D eigenvalue weighted by atomic mass is 10.0. The number of carbonyl (C=O) groups is 1. The lowest BCUT2D eigenvalue weighted by Gasteiger charge is -2.25. The number of rotatable bonds is 4. The minimum absolute atomic E-state index is 0.0576. The topological polar surface area (TPSA) is 63.9 Å². The number of hydrogen-bond acceptors (Lipinski definition) is 4. The molecule has 1 saturated heterocycles. The van der Waals surface area contributed by atoms with Crippen molar-refractivity contribution in [3.8, 4) is 5.82 Å². The molecule has 2 aromatic heterocycles. The van der Waals surface area contributed by atoms with Gasteiger partial charge in [-0.3, -0.25) is 4.79 Å². The molecule has 1 aliphatic rings.